The quantitative estimate of drug-likeness (QED) is 0.794. The Kier molecular flexibility index (Phi) is 6.03. The highest BCUT2D eigenvalue weighted by Crippen LogP contribution is 2.40. The number of hydrogen-bond acceptors (Lipinski definition) is 5. The van der Waals surface area contributed by atoms with E-state index in [9.17, 15) is 9.59 Å². The van der Waals surface area contributed by atoms with Gasteiger partial charge in [-0.25, -0.2) is 0 Å². The van der Waals surface area contributed by atoms with E-state index in [1.54, 1.807) is 17.0 Å². The van der Waals surface area contributed by atoms with Crippen molar-refractivity contribution in [3.8, 4) is 17.2 Å². The van der Waals surface area contributed by atoms with E-state index < -0.39 is 5.92 Å². The van der Waals surface area contributed by atoms with Crippen LogP contribution in [0.5, 0.6) is 17.2 Å². The monoisotopic (exact) mass is 384 g/mol. The van der Waals surface area contributed by atoms with Crippen LogP contribution in [0.3, 0.4) is 0 Å². The molecule has 1 fully saturated rings. The SMILES string of the molecule is COc1cc(NC(=O)C2CC(=O)N(Cc3ccccc3)C2)cc(OC)c1OC. The number of methoxy groups -OCH3 is 3. The molecule has 0 radical (unpaired) electrons. The first kappa shape index (κ1) is 19.5. The Bertz CT molecular complexity index is 828. The van der Waals surface area contributed by atoms with E-state index in [1.165, 1.54) is 21.3 Å². The topological polar surface area (TPSA) is 77.1 Å². The van der Waals surface area contributed by atoms with Crippen LogP contribution >= 0.6 is 0 Å². The van der Waals surface area contributed by atoms with Crippen molar-refractivity contribution in [3.05, 3.63) is 48.0 Å². The van der Waals surface area contributed by atoms with Gasteiger partial charge in [0.2, 0.25) is 17.6 Å². The van der Waals surface area contributed by atoms with Crippen molar-refractivity contribution >= 4 is 17.5 Å². The Labute approximate surface area is 164 Å². The van der Waals surface area contributed by atoms with E-state index in [-0.39, 0.29) is 18.2 Å². The first-order valence-corrected chi connectivity index (χ1v) is 8.98. The molecule has 7 nitrogen and oxygen atoms in total. The van der Waals surface area contributed by atoms with Gasteiger partial charge in [0, 0.05) is 37.3 Å². The summed E-state index contributed by atoms with van der Waals surface area (Å²) in [5, 5.41) is 2.86. The van der Waals surface area contributed by atoms with E-state index in [0.29, 0.717) is 36.0 Å². The number of carbonyl (C=O) groups excluding carboxylic acids is 2. The van der Waals surface area contributed by atoms with Gasteiger partial charge >= 0.3 is 0 Å². The zero-order chi connectivity index (χ0) is 20.1. The second-order valence-electron chi connectivity index (χ2n) is 6.56. The average molecular weight is 384 g/mol. The summed E-state index contributed by atoms with van der Waals surface area (Å²) in [7, 11) is 4.55. The number of amides is 2. The fraction of sp³-hybridized carbons (Fsp3) is 0.333. The molecule has 1 atom stereocenters. The lowest BCUT2D eigenvalue weighted by atomic mass is 10.1. The Hall–Kier alpha value is -3.22. The fourth-order valence-electron chi connectivity index (χ4n) is 3.30. The van der Waals surface area contributed by atoms with E-state index in [4.69, 9.17) is 14.2 Å². The Balaban J connectivity index is 1.69. The summed E-state index contributed by atoms with van der Waals surface area (Å²) in [6, 6.07) is 13.1. The molecule has 3 rings (SSSR count). The van der Waals surface area contributed by atoms with Crippen LogP contribution in [0.4, 0.5) is 5.69 Å². The van der Waals surface area contributed by atoms with Crippen LogP contribution in [0.15, 0.2) is 42.5 Å². The van der Waals surface area contributed by atoms with Gasteiger partial charge in [0.05, 0.1) is 27.2 Å². The van der Waals surface area contributed by atoms with Gasteiger partial charge in [-0.1, -0.05) is 30.3 Å². The maximum absolute atomic E-state index is 12.7. The molecule has 7 heteroatoms. The Morgan fingerprint density at radius 3 is 2.29 bits per heavy atom. The maximum Gasteiger partial charge on any atom is 0.229 e. The normalized spacial score (nSPS) is 16.0. The van der Waals surface area contributed by atoms with E-state index >= 15 is 0 Å². The highest BCUT2D eigenvalue weighted by Gasteiger charge is 2.34. The van der Waals surface area contributed by atoms with Crippen LogP contribution in [0.1, 0.15) is 12.0 Å². The standard InChI is InChI=1S/C21H24N2O5/c1-26-17-10-16(11-18(27-2)20(17)28-3)22-21(25)15-9-19(24)23(13-15)12-14-7-5-4-6-8-14/h4-8,10-11,15H,9,12-13H2,1-3H3,(H,22,25). The van der Waals surface area contributed by atoms with Crippen LogP contribution in [0.25, 0.3) is 0 Å². The molecule has 28 heavy (non-hydrogen) atoms. The molecule has 1 unspecified atom stereocenters. The van der Waals surface area contributed by atoms with Crippen LogP contribution in [-0.4, -0.2) is 44.6 Å². The summed E-state index contributed by atoms with van der Waals surface area (Å²) in [6.45, 7) is 0.900. The smallest absolute Gasteiger partial charge is 0.229 e. The Morgan fingerprint density at radius 1 is 1.07 bits per heavy atom. The number of rotatable bonds is 7. The largest absolute Gasteiger partial charge is 0.493 e. The molecule has 0 bridgehead atoms. The van der Waals surface area contributed by atoms with Crippen molar-refractivity contribution in [1.29, 1.82) is 0 Å². The highest BCUT2D eigenvalue weighted by atomic mass is 16.5. The van der Waals surface area contributed by atoms with Gasteiger partial charge in [-0.2, -0.15) is 0 Å². The second-order valence-corrected chi connectivity index (χ2v) is 6.56. The van der Waals surface area contributed by atoms with Crippen LogP contribution in [0, 0.1) is 5.92 Å². The minimum absolute atomic E-state index is 0.0195. The minimum atomic E-state index is -0.407. The fourth-order valence-corrected chi connectivity index (χ4v) is 3.30. The lowest BCUT2D eigenvalue weighted by Crippen LogP contribution is -2.28. The summed E-state index contributed by atoms with van der Waals surface area (Å²) >= 11 is 0. The van der Waals surface area contributed by atoms with Crippen molar-refractivity contribution in [2.75, 3.05) is 33.2 Å². The number of nitrogens with one attached hydrogen (secondary N) is 1. The number of hydrogen-bond donors (Lipinski definition) is 1. The summed E-state index contributed by atoms with van der Waals surface area (Å²) in [5.41, 5.74) is 1.56. The first-order chi connectivity index (χ1) is 13.5. The molecule has 1 heterocycles. The van der Waals surface area contributed by atoms with Crippen molar-refractivity contribution in [2.24, 2.45) is 5.92 Å². The molecule has 0 aliphatic carbocycles. The molecule has 1 saturated heterocycles. The van der Waals surface area contributed by atoms with Gasteiger partial charge in [-0.05, 0) is 5.56 Å². The zero-order valence-electron chi connectivity index (χ0n) is 16.2. The summed E-state index contributed by atoms with van der Waals surface area (Å²) in [4.78, 5) is 26.7. The van der Waals surface area contributed by atoms with Crippen molar-refractivity contribution < 1.29 is 23.8 Å². The zero-order valence-corrected chi connectivity index (χ0v) is 16.2. The predicted octanol–water partition coefficient (Wildman–Crippen LogP) is 2.70. The maximum atomic E-state index is 12.7. The van der Waals surface area contributed by atoms with Gasteiger partial charge in [0.25, 0.3) is 0 Å². The minimum Gasteiger partial charge on any atom is -0.493 e. The molecular formula is C21H24N2O5. The lowest BCUT2D eigenvalue weighted by Gasteiger charge is -2.17. The second kappa shape index (κ2) is 8.65. The van der Waals surface area contributed by atoms with Crippen molar-refractivity contribution in [3.63, 3.8) is 0 Å². The highest BCUT2D eigenvalue weighted by molar-refractivity contribution is 5.97. The van der Waals surface area contributed by atoms with Crippen molar-refractivity contribution in [2.45, 2.75) is 13.0 Å². The van der Waals surface area contributed by atoms with E-state index in [0.717, 1.165) is 5.56 Å². The molecular weight excluding hydrogens is 360 g/mol. The molecule has 0 saturated carbocycles. The molecule has 1 N–H and O–H groups in total. The third kappa shape index (κ3) is 4.19. The number of nitrogens with zero attached hydrogens (tertiary/aromatic N) is 1. The van der Waals surface area contributed by atoms with Gasteiger partial charge in [-0.15, -0.1) is 0 Å². The van der Waals surface area contributed by atoms with Gasteiger partial charge in [0.1, 0.15) is 0 Å². The molecule has 0 spiro atoms. The predicted molar refractivity (Wildman–Crippen MR) is 105 cm³/mol. The molecule has 0 aromatic heterocycles. The van der Waals surface area contributed by atoms with Crippen molar-refractivity contribution in [1.82, 2.24) is 4.90 Å². The molecule has 1 aliphatic rings. The number of ether oxygens (including phenoxy) is 3. The van der Waals surface area contributed by atoms with Gasteiger partial charge < -0.3 is 24.4 Å². The summed E-state index contributed by atoms with van der Waals surface area (Å²) < 4.78 is 15.9. The Morgan fingerprint density at radius 2 is 1.71 bits per heavy atom. The van der Waals surface area contributed by atoms with Crippen LogP contribution in [-0.2, 0) is 16.1 Å². The molecule has 2 amide bonds. The lowest BCUT2D eigenvalue weighted by molar-refractivity contribution is -0.128. The molecule has 2 aromatic rings. The molecule has 148 valence electrons. The first-order valence-electron chi connectivity index (χ1n) is 8.98. The third-order valence-electron chi connectivity index (χ3n) is 4.73. The average Bonchev–Trinajstić information content (AvgIpc) is 3.08. The van der Waals surface area contributed by atoms with Gasteiger partial charge in [0.15, 0.2) is 11.5 Å². The number of anilines is 1. The van der Waals surface area contributed by atoms with Crippen LogP contribution in [0.2, 0.25) is 0 Å². The molecule has 1 aliphatic heterocycles. The summed E-state index contributed by atoms with van der Waals surface area (Å²) in [5.74, 6) is 0.714. The molecule has 2 aromatic carbocycles. The third-order valence-corrected chi connectivity index (χ3v) is 4.73. The number of likely N-dealkylation sites (tertiary alicyclic amines) is 1. The van der Waals surface area contributed by atoms with Gasteiger partial charge in [-0.3, -0.25) is 9.59 Å². The van der Waals surface area contributed by atoms with Crippen LogP contribution < -0.4 is 19.5 Å². The number of carbonyl (C=O) groups is 2. The van der Waals surface area contributed by atoms with E-state index in [2.05, 4.69) is 5.32 Å². The summed E-state index contributed by atoms with van der Waals surface area (Å²) in [6.07, 6.45) is 0.198. The van der Waals surface area contributed by atoms with E-state index in [1.807, 2.05) is 30.3 Å². The number of benzene rings is 2.